The van der Waals surface area contributed by atoms with Crippen LogP contribution in [0.1, 0.15) is 40.0 Å². The number of carbonyl (C=O) groups is 2. The lowest BCUT2D eigenvalue weighted by Crippen LogP contribution is -2.43. The first-order valence-corrected chi connectivity index (χ1v) is 10.3. The van der Waals surface area contributed by atoms with E-state index in [4.69, 9.17) is 8.92 Å². The first-order valence-electron chi connectivity index (χ1n) is 8.75. The molecule has 2 atom stereocenters. The zero-order chi connectivity index (χ0) is 19.8. The molecule has 1 heterocycles. The van der Waals surface area contributed by atoms with Gasteiger partial charge in [-0.2, -0.15) is 8.42 Å². The molecule has 1 aliphatic heterocycles. The molecule has 9 nitrogen and oxygen atoms in total. The van der Waals surface area contributed by atoms with E-state index >= 15 is 0 Å². The highest BCUT2D eigenvalue weighted by molar-refractivity contribution is 7.86. The van der Waals surface area contributed by atoms with Crippen molar-refractivity contribution < 1.29 is 32.0 Å². The molecular weight excluding hydrogens is 364 g/mol. The lowest BCUT2D eigenvalue weighted by Gasteiger charge is -2.31. The van der Waals surface area contributed by atoms with Crippen LogP contribution < -0.4 is 10.6 Å². The van der Waals surface area contributed by atoms with Crippen molar-refractivity contribution in [3.05, 3.63) is 0 Å². The summed E-state index contributed by atoms with van der Waals surface area (Å²) in [7, 11) is -3.92. The Morgan fingerprint density at radius 2 is 2.12 bits per heavy atom. The lowest BCUT2D eigenvalue weighted by atomic mass is 9.84. The Kier molecular flexibility index (Phi) is 8.94. The number of carbonyl (C=O) groups excluding carboxylic acids is 1. The zero-order valence-electron chi connectivity index (χ0n) is 15.6. The topological polar surface area (TPSA) is 131 Å². The van der Waals surface area contributed by atoms with Crippen molar-refractivity contribution in [3.8, 4) is 0 Å². The maximum absolute atomic E-state index is 12.2. The standard InChI is InChI=1S/C16H30N2O7S/c1-12(19)18-7-4-10-26(22,23)25-14(16(2,3)15(20)21)6-5-13-11-17-8-9-24-13/h13-14,17H,4-11H2,1-3H3,(H,18,19)(H,20,21). The van der Waals surface area contributed by atoms with E-state index in [9.17, 15) is 23.1 Å². The van der Waals surface area contributed by atoms with Gasteiger partial charge in [0.1, 0.15) is 0 Å². The minimum absolute atomic E-state index is 0.0954. The van der Waals surface area contributed by atoms with Gasteiger partial charge in [-0.3, -0.25) is 13.8 Å². The summed E-state index contributed by atoms with van der Waals surface area (Å²) in [6, 6.07) is 0. The smallest absolute Gasteiger partial charge is 0.311 e. The number of amides is 1. The van der Waals surface area contributed by atoms with Crippen molar-refractivity contribution in [1.82, 2.24) is 10.6 Å². The van der Waals surface area contributed by atoms with Crippen molar-refractivity contribution in [2.24, 2.45) is 5.41 Å². The van der Waals surface area contributed by atoms with E-state index in [-0.39, 0.29) is 37.2 Å². The normalized spacial score (nSPS) is 19.7. The molecule has 0 radical (unpaired) electrons. The molecule has 10 heteroatoms. The number of morpholine rings is 1. The fourth-order valence-corrected chi connectivity index (χ4v) is 3.83. The van der Waals surface area contributed by atoms with E-state index in [1.54, 1.807) is 0 Å². The van der Waals surface area contributed by atoms with Gasteiger partial charge >= 0.3 is 5.97 Å². The van der Waals surface area contributed by atoms with E-state index in [2.05, 4.69) is 10.6 Å². The maximum Gasteiger partial charge on any atom is 0.311 e. The molecule has 0 saturated carbocycles. The molecular formula is C16H30N2O7S. The number of hydrogen-bond donors (Lipinski definition) is 3. The number of nitrogens with one attached hydrogen (secondary N) is 2. The highest BCUT2D eigenvalue weighted by Gasteiger charge is 2.40. The second-order valence-corrected chi connectivity index (χ2v) is 8.70. The van der Waals surface area contributed by atoms with Gasteiger partial charge in [-0.1, -0.05) is 0 Å². The monoisotopic (exact) mass is 394 g/mol. The summed E-state index contributed by atoms with van der Waals surface area (Å²) in [6.07, 6.45) is -0.164. The van der Waals surface area contributed by atoms with Crippen molar-refractivity contribution in [3.63, 3.8) is 0 Å². The summed E-state index contributed by atoms with van der Waals surface area (Å²) in [4.78, 5) is 22.4. The SMILES string of the molecule is CC(=O)NCCCS(=O)(=O)OC(CCC1CNCCO1)C(C)(C)C(=O)O. The Morgan fingerprint density at radius 1 is 1.42 bits per heavy atom. The van der Waals surface area contributed by atoms with E-state index < -0.39 is 27.6 Å². The first-order chi connectivity index (χ1) is 12.0. The summed E-state index contributed by atoms with van der Waals surface area (Å²) in [5, 5.41) is 15.1. The first kappa shape index (κ1) is 22.8. The molecule has 26 heavy (non-hydrogen) atoms. The third-order valence-electron chi connectivity index (χ3n) is 4.32. The largest absolute Gasteiger partial charge is 0.481 e. The van der Waals surface area contributed by atoms with Crippen LogP contribution in [0.2, 0.25) is 0 Å². The third-order valence-corrected chi connectivity index (χ3v) is 5.63. The average molecular weight is 394 g/mol. The van der Waals surface area contributed by atoms with Gasteiger partial charge < -0.3 is 20.5 Å². The number of carboxylic acid groups (broad SMARTS) is 1. The van der Waals surface area contributed by atoms with Crippen LogP contribution in [0.15, 0.2) is 0 Å². The highest BCUT2D eigenvalue weighted by Crippen LogP contribution is 2.30. The fraction of sp³-hybridized carbons (Fsp3) is 0.875. The molecule has 1 amide bonds. The Labute approximate surface area is 154 Å². The molecule has 1 aliphatic rings. The van der Waals surface area contributed by atoms with Crippen LogP contribution >= 0.6 is 0 Å². The van der Waals surface area contributed by atoms with Gasteiger partial charge in [-0.25, -0.2) is 0 Å². The van der Waals surface area contributed by atoms with Crippen molar-refractivity contribution in [2.45, 2.75) is 52.2 Å². The summed E-state index contributed by atoms with van der Waals surface area (Å²) < 4.78 is 35.3. The van der Waals surface area contributed by atoms with Gasteiger partial charge in [0.25, 0.3) is 10.1 Å². The number of ether oxygens (including phenoxy) is 1. The van der Waals surface area contributed by atoms with Gasteiger partial charge in [0.2, 0.25) is 5.91 Å². The Morgan fingerprint density at radius 3 is 2.65 bits per heavy atom. The van der Waals surface area contributed by atoms with Crippen LogP contribution in [-0.4, -0.2) is 69.6 Å². The minimum atomic E-state index is -3.92. The average Bonchev–Trinajstić information content (AvgIpc) is 2.56. The van der Waals surface area contributed by atoms with Gasteiger partial charge in [-0.05, 0) is 33.1 Å². The predicted octanol–water partition coefficient (Wildman–Crippen LogP) is 0.107. The van der Waals surface area contributed by atoms with E-state index in [1.807, 2.05) is 0 Å². The molecule has 3 N–H and O–H groups in total. The maximum atomic E-state index is 12.2. The second kappa shape index (κ2) is 10.2. The third kappa shape index (κ3) is 7.98. The van der Waals surface area contributed by atoms with Crippen LogP contribution in [0.4, 0.5) is 0 Å². The molecule has 0 bridgehead atoms. The molecule has 0 aromatic carbocycles. The van der Waals surface area contributed by atoms with Gasteiger partial charge in [0, 0.05) is 26.6 Å². The number of rotatable bonds is 11. The Bertz CT molecular complexity index is 571. The quantitative estimate of drug-likeness (QED) is 0.332. The molecule has 0 spiro atoms. The second-order valence-electron chi connectivity index (χ2n) is 6.98. The van der Waals surface area contributed by atoms with E-state index in [0.717, 1.165) is 6.54 Å². The van der Waals surface area contributed by atoms with E-state index in [1.165, 1.54) is 20.8 Å². The fourth-order valence-electron chi connectivity index (χ4n) is 2.55. The molecule has 0 aromatic heterocycles. The lowest BCUT2D eigenvalue weighted by molar-refractivity contribution is -0.152. The van der Waals surface area contributed by atoms with Crippen LogP contribution in [0.3, 0.4) is 0 Å². The summed E-state index contributed by atoms with van der Waals surface area (Å²) in [5.41, 5.74) is -1.37. The van der Waals surface area contributed by atoms with Crippen LogP contribution in [0, 0.1) is 5.41 Å². The zero-order valence-corrected chi connectivity index (χ0v) is 16.4. The molecule has 1 saturated heterocycles. The molecule has 0 aromatic rings. The molecule has 152 valence electrons. The van der Waals surface area contributed by atoms with Crippen molar-refractivity contribution in [1.29, 1.82) is 0 Å². The minimum Gasteiger partial charge on any atom is -0.481 e. The summed E-state index contributed by atoms with van der Waals surface area (Å²) >= 11 is 0. The molecule has 1 rings (SSSR count). The highest BCUT2D eigenvalue weighted by atomic mass is 32.2. The van der Waals surface area contributed by atoms with Crippen LogP contribution in [0.5, 0.6) is 0 Å². The van der Waals surface area contributed by atoms with Gasteiger partial charge in [0.15, 0.2) is 0 Å². The number of carboxylic acids is 1. The Hall–Kier alpha value is -1.23. The number of aliphatic carboxylic acids is 1. The summed E-state index contributed by atoms with van der Waals surface area (Å²) in [6.45, 7) is 6.44. The molecule has 0 aliphatic carbocycles. The van der Waals surface area contributed by atoms with Crippen molar-refractivity contribution in [2.75, 3.05) is 32.0 Å². The van der Waals surface area contributed by atoms with Crippen LogP contribution in [0.25, 0.3) is 0 Å². The Balaban J connectivity index is 2.68. The molecule has 2 unspecified atom stereocenters. The predicted molar refractivity (Wildman–Crippen MR) is 95.2 cm³/mol. The summed E-state index contributed by atoms with van der Waals surface area (Å²) in [5.74, 6) is -1.66. The van der Waals surface area contributed by atoms with E-state index in [0.29, 0.717) is 19.6 Å². The van der Waals surface area contributed by atoms with Gasteiger partial charge in [0.05, 0.1) is 30.0 Å². The molecule has 1 fully saturated rings. The number of hydrogen-bond acceptors (Lipinski definition) is 7. The van der Waals surface area contributed by atoms with Crippen LogP contribution in [-0.2, 0) is 28.6 Å². The van der Waals surface area contributed by atoms with Crippen molar-refractivity contribution >= 4 is 22.0 Å². The van der Waals surface area contributed by atoms with Gasteiger partial charge in [-0.15, -0.1) is 0 Å².